The van der Waals surface area contributed by atoms with Gasteiger partial charge in [0.25, 0.3) is 0 Å². The van der Waals surface area contributed by atoms with Crippen molar-refractivity contribution >= 4 is 60.8 Å². The predicted octanol–water partition coefficient (Wildman–Crippen LogP) is 12.7. The van der Waals surface area contributed by atoms with Gasteiger partial charge in [0.1, 0.15) is 17.0 Å². The largest absolute Gasteiger partial charge is 0.455 e. The highest BCUT2D eigenvalue weighted by Gasteiger charge is 2.36. The highest BCUT2D eigenvalue weighted by Crippen LogP contribution is 2.51. The number of aromatic nitrogens is 1. The van der Waals surface area contributed by atoms with Crippen molar-refractivity contribution in [3.8, 4) is 22.3 Å². The maximum atomic E-state index is 6.41. The fourth-order valence-electron chi connectivity index (χ4n) is 8.05. The molecule has 0 atom stereocenters. The molecule has 0 amide bonds. The molecular weight excluding hydrogens is 597 g/mol. The molecule has 2 aromatic heterocycles. The van der Waals surface area contributed by atoms with Gasteiger partial charge in [-0.25, -0.2) is 4.98 Å². The monoisotopic (exact) mass is 628 g/mol. The van der Waals surface area contributed by atoms with Crippen LogP contribution in [0.25, 0.3) is 65.9 Å². The van der Waals surface area contributed by atoms with Gasteiger partial charge in [0, 0.05) is 43.9 Å². The highest BCUT2D eigenvalue weighted by molar-refractivity contribution is 6.12. The van der Waals surface area contributed by atoms with Crippen LogP contribution in [0.3, 0.4) is 0 Å². The van der Waals surface area contributed by atoms with Gasteiger partial charge >= 0.3 is 0 Å². The normalized spacial score (nSPS) is 13.3. The first kappa shape index (κ1) is 27.9. The number of anilines is 3. The maximum absolute atomic E-state index is 6.41. The molecule has 0 saturated carbocycles. The van der Waals surface area contributed by atoms with E-state index in [2.05, 4.69) is 164 Å². The molecule has 7 aromatic carbocycles. The number of hydrogen-bond donors (Lipinski definition) is 0. The van der Waals surface area contributed by atoms with Crippen molar-refractivity contribution in [3.63, 3.8) is 0 Å². The molecule has 1 aliphatic rings. The molecule has 0 saturated heterocycles. The van der Waals surface area contributed by atoms with Gasteiger partial charge in [0.15, 0.2) is 0 Å². The lowest BCUT2D eigenvalue weighted by atomic mass is 9.82. The van der Waals surface area contributed by atoms with Crippen molar-refractivity contribution in [1.29, 1.82) is 0 Å². The quantitative estimate of drug-likeness (QED) is 0.182. The second-order valence-electron chi connectivity index (χ2n) is 13.6. The van der Waals surface area contributed by atoms with Gasteiger partial charge in [-0.2, -0.15) is 0 Å². The van der Waals surface area contributed by atoms with Crippen molar-refractivity contribution in [2.75, 3.05) is 4.90 Å². The van der Waals surface area contributed by atoms with Crippen LogP contribution in [-0.4, -0.2) is 4.98 Å². The van der Waals surface area contributed by atoms with E-state index < -0.39 is 0 Å². The molecule has 2 heterocycles. The number of fused-ring (bicyclic) bond motifs is 9. The molecular formula is C46H32N2O. The Morgan fingerprint density at radius 1 is 0.490 bits per heavy atom. The van der Waals surface area contributed by atoms with Crippen molar-refractivity contribution in [1.82, 2.24) is 4.98 Å². The summed E-state index contributed by atoms with van der Waals surface area (Å²) in [4.78, 5) is 7.72. The zero-order valence-electron chi connectivity index (χ0n) is 27.3. The van der Waals surface area contributed by atoms with Gasteiger partial charge in [-0.05, 0) is 69.6 Å². The summed E-state index contributed by atoms with van der Waals surface area (Å²) in [6.07, 6.45) is 0. The molecule has 0 radical (unpaired) electrons. The van der Waals surface area contributed by atoms with E-state index in [0.29, 0.717) is 0 Å². The fraction of sp³-hybridized carbons (Fsp3) is 0.0652. The van der Waals surface area contributed by atoms with Crippen molar-refractivity contribution in [2.45, 2.75) is 19.3 Å². The maximum Gasteiger partial charge on any atom is 0.146 e. The van der Waals surface area contributed by atoms with E-state index >= 15 is 0 Å². The van der Waals surface area contributed by atoms with Crippen LogP contribution >= 0.6 is 0 Å². The lowest BCUT2D eigenvalue weighted by Crippen LogP contribution is -2.17. The summed E-state index contributed by atoms with van der Waals surface area (Å²) in [7, 11) is 0. The van der Waals surface area contributed by atoms with Gasteiger partial charge in [0.05, 0.1) is 5.52 Å². The summed E-state index contributed by atoms with van der Waals surface area (Å²) in [5.41, 5.74) is 12.3. The Morgan fingerprint density at radius 3 is 1.98 bits per heavy atom. The van der Waals surface area contributed by atoms with E-state index in [0.717, 1.165) is 66.5 Å². The van der Waals surface area contributed by atoms with Crippen molar-refractivity contribution in [3.05, 3.63) is 169 Å². The van der Waals surface area contributed by atoms with Gasteiger partial charge in [0.2, 0.25) is 0 Å². The summed E-state index contributed by atoms with van der Waals surface area (Å²) in [5.74, 6) is 0.912. The minimum Gasteiger partial charge on any atom is -0.455 e. The number of nitrogens with zero attached hydrogens (tertiary/aromatic N) is 2. The molecule has 0 spiro atoms. The van der Waals surface area contributed by atoms with Crippen LogP contribution in [0.4, 0.5) is 17.2 Å². The third-order valence-electron chi connectivity index (χ3n) is 10.5. The molecule has 0 aliphatic heterocycles. The molecule has 0 bridgehead atoms. The summed E-state index contributed by atoms with van der Waals surface area (Å²) >= 11 is 0. The highest BCUT2D eigenvalue weighted by atomic mass is 16.3. The van der Waals surface area contributed by atoms with E-state index in [9.17, 15) is 0 Å². The van der Waals surface area contributed by atoms with Crippen LogP contribution in [0, 0.1) is 0 Å². The summed E-state index contributed by atoms with van der Waals surface area (Å²) in [6, 6.07) is 56.3. The Labute approximate surface area is 284 Å². The predicted molar refractivity (Wildman–Crippen MR) is 204 cm³/mol. The second kappa shape index (κ2) is 10.4. The zero-order valence-corrected chi connectivity index (χ0v) is 27.3. The van der Waals surface area contributed by atoms with E-state index in [1.807, 2.05) is 12.1 Å². The van der Waals surface area contributed by atoms with Crippen LogP contribution in [0.2, 0.25) is 0 Å². The summed E-state index contributed by atoms with van der Waals surface area (Å²) < 4.78 is 6.41. The molecule has 1 aliphatic carbocycles. The van der Waals surface area contributed by atoms with Crippen LogP contribution < -0.4 is 4.90 Å². The first-order chi connectivity index (χ1) is 24.1. The standard InChI is InChI=1S/C46H32N2O/c1-46(2)40-19-8-5-13-34(40)35-27-26-31(28-41(35)46)48(45-39-16-4-3-12-33(39)36-14-6-9-20-42(36)47-45)30-24-22-29(23-25-30)32-17-11-18-38-37-15-7-10-21-43(37)49-44(32)38/h3-28H,1-2H3. The molecule has 3 heteroatoms. The smallest absolute Gasteiger partial charge is 0.146 e. The number of hydrogen-bond acceptors (Lipinski definition) is 3. The fourth-order valence-corrected chi connectivity index (χ4v) is 8.05. The van der Waals surface area contributed by atoms with Crippen LogP contribution in [0.1, 0.15) is 25.0 Å². The van der Waals surface area contributed by atoms with Gasteiger partial charge in [-0.3, -0.25) is 4.90 Å². The Morgan fingerprint density at radius 2 is 1.12 bits per heavy atom. The number of pyridine rings is 1. The number of para-hydroxylation sites is 3. The number of rotatable bonds is 4. The van der Waals surface area contributed by atoms with E-state index in [1.165, 1.54) is 27.6 Å². The molecule has 49 heavy (non-hydrogen) atoms. The van der Waals surface area contributed by atoms with Gasteiger partial charge in [-0.15, -0.1) is 0 Å². The molecule has 232 valence electrons. The first-order valence-electron chi connectivity index (χ1n) is 16.9. The van der Waals surface area contributed by atoms with Crippen molar-refractivity contribution in [2.24, 2.45) is 0 Å². The average molecular weight is 629 g/mol. The Kier molecular flexibility index (Phi) is 5.92. The first-order valence-corrected chi connectivity index (χ1v) is 16.9. The van der Waals surface area contributed by atoms with Gasteiger partial charge in [-0.1, -0.05) is 135 Å². The Bertz CT molecular complexity index is 2750. The van der Waals surface area contributed by atoms with Gasteiger partial charge < -0.3 is 4.42 Å². The van der Waals surface area contributed by atoms with E-state index in [-0.39, 0.29) is 5.41 Å². The third-order valence-corrected chi connectivity index (χ3v) is 10.5. The summed E-state index contributed by atoms with van der Waals surface area (Å²) in [6.45, 7) is 4.67. The lowest BCUT2D eigenvalue weighted by Gasteiger charge is -2.28. The Hall–Kier alpha value is -6.19. The number of benzene rings is 7. The SMILES string of the molecule is CC1(C)c2ccccc2-c2ccc(N(c3ccc(-c4cccc5c4oc4ccccc45)cc3)c3nc4ccccc4c4ccccc34)cc21. The second-order valence-corrected chi connectivity index (χ2v) is 13.6. The minimum absolute atomic E-state index is 0.123. The Balaban J connectivity index is 1.18. The van der Waals surface area contributed by atoms with Crippen LogP contribution in [0.5, 0.6) is 0 Å². The average Bonchev–Trinajstić information content (AvgIpc) is 3.64. The lowest BCUT2D eigenvalue weighted by molar-refractivity contribution is 0.660. The van der Waals surface area contributed by atoms with E-state index in [4.69, 9.17) is 9.40 Å². The molecule has 0 fully saturated rings. The minimum atomic E-state index is -0.123. The molecule has 0 unspecified atom stereocenters. The molecule has 0 N–H and O–H groups in total. The topological polar surface area (TPSA) is 29.3 Å². The molecule has 10 rings (SSSR count). The van der Waals surface area contributed by atoms with E-state index in [1.54, 1.807) is 0 Å². The van der Waals surface area contributed by atoms with Crippen LogP contribution in [0.15, 0.2) is 162 Å². The third kappa shape index (κ3) is 4.12. The molecule has 3 nitrogen and oxygen atoms in total. The summed E-state index contributed by atoms with van der Waals surface area (Å²) in [5, 5.41) is 5.72. The molecule has 9 aromatic rings. The van der Waals surface area contributed by atoms with Crippen LogP contribution in [-0.2, 0) is 5.41 Å². The van der Waals surface area contributed by atoms with Crippen molar-refractivity contribution < 1.29 is 4.42 Å². The number of furan rings is 1. The zero-order chi connectivity index (χ0) is 32.7.